The Bertz CT molecular complexity index is 499. The zero-order valence-electron chi connectivity index (χ0n) is 8.27. The quantitative estimate of drug-likeness (QED) is 0.769. The van der Waals surface area contributed by atoms with Gasteiger partial charge in [0.15, 0.2) is 0 Å². The third-order valence-corrected chi connectivity index (χ3v) is 2.14. The summed E-state index contributed by atoms with van der Waals surface area (Å²) in [7, 11) is 0. The van der Waals surface area contributed by atoms with Crippen molar-refractivity contribution in [2.45, 2.75) is 6.42 Å². The molecule has 0 amide bonds. The van der Waals surface area contributed by atoms with Crippen molar-refractivity contribution in [2.75, 3.05) is 11.9 Å². The van der Waals surface area contributed by atoms with Gasteiger partial charge in [0.05, 0.1) is 18.0 Å². The number of aromatic nitrogens is 1. The molecule has 74 valence electrons. The van der Waals surface area contributed by atoms with Crippen LogP contribution in [0.2, 0.25) is 0 Å². The van der Waals surface area contributed by atoms with Crippen molar-refractivity contribution in [1.82, 2.24) is 4.98 Å². The zero-order chi connectivity index (χ0) is 10.5. The van der Waals surface area contributed by atoms with E-state index < -0.39 is 0 Å². The van der Waals surface area contributed by atoms with Gasteiger partial charge in [0, 0.05) is 11.9 Å². The minimum atomic E-state index is 0.495. The van der Waals surface area contributed by atoms with Gasteiger partial charge >= 0.3 is 0 Å². The lowest BCUT2D eigenvalue weighted by atomic mass is 10.2. The molecule has 0 radical (unpaired) electrons. The lowest BCUT2D eigenvalue weighted by Gasteiger charge is -2.03. The maximum atomic E-state index is 8.41. The topological polar surface area (TPSA) is 48.7 Å². The number of rotatable bonds is 3. The standard InChI is InChI=1S/C12H11N3/c13-8-3-9-14-12-7-6-10-4-1-2-5-11(10)15-12/h1-2,4-7H,3,9H2,(H,14,15). The molecule has 1 N–H and O–H groups in total. The number of para-hydroxylation sites is 1. The first kappa shape index (κ1) is 9.47. The Morgan fingerprint density at radius 2 is 2.07 bits per heavy atom. The molecule has 1 aromatic heterocycles. The van der Waals surface area contributed by atoms with E-state index in [1.54, 1.807) is 0 Å². The highest BCUT2D eigenvalue weighted by molar-refractivity contribution is 5.79. The second-order valence-electron chi connectivity index (χ2n) is 3.22. The van der Waals surface area contributed by atoms with E-state index in [2.05, 4.69) is 16.4 Å². The van der Waals surface area contributed by atoms with Gasteiger partial charge in [-0.2, -0.15) is 5.26 Å². The fourth-order valence-electron chi connectivity index (χ4n) is 1.41. The first-order chi connectivity index (χ1) is 7.40. The maximum absolute atomic E-state index is 8.41. The van der Waals surface area contributed by atoms with Gasteiger partial charge in [0.25, 0.3) is 0 Å². The van der Waals surface area contributed by atoms with Gasteiger partial charge in [0.1, 0.15) is 5.82 Å². The Kier molecular flexibility index (Phi) is 2.80. The number of nitrogens with one attached hydrogen (secondary N) is 1. The summed E-state index contributed by atoms with van der Waals surface area (Å²) in [6.07, 6.45) is 0.495. The Morgan fingerprint density at radius 1 is 1.20 bits per heavy atom. The molecule has 0 saturated carbocycles. The predicted octanol–water partition coefficient (Wildman–Crippen LogP) is 2.56. The number of nitrogens with zero attached hydrogens (tertiary/aromatic N) is 2. The van der Waals surface area contributed by atoms with Gasteiger partial charge in [-0.15, -0.1) is 0 Å². The van der Waals surface area contributed by atoms with Crippen molar-refractivity contribution in [3.8, 4) is 6.07 Å². The minimum Gasteiger partial charge on any atom is -0.369 e. The van der Waals surface area contributed by atoms with Gasteiger partial charge in [-0.1, -0.05) is 18.2 Å². The van der Waals surface area contributed by atoms with Crippen LogP contribution in [0.5, 0.6) is 0 Å². The molecule has 0 atom stereocenters. The van der Waals surface area contributed by atoms with E-state index in [1.807, 2.05) is 36.4 Å². The second-order valence-corrected chi connectivity index (χ2v) is 3.22. The van der Waals surface area contributed by atoms with E-state index in [9.17, 15) is 0 Å². The zero-order valence-corrected chi connectivity index (χ0v) is 8.27. The number of fused-ring (bicyclic) bond motifs is 1. The van der Waals surface area contributed by atoms with Crippen LogP contribution in [0.4, 0.5) is 5.82 Å². The van der Waals surface area contributed by atoms with Gasteiger partial charge in [-0.25, -0.2) is 4.98 Å². The second kappa shape index (κ2) is 4.43. The van der Waals surface area contributed by atoms with E-state index >= 15 is 0 Å². The summed E-state index contributed by atoms with van der Waals surface area (Å²) in [6, 6.07) is 14.0. The molecule has 0 aliphatic rings. The summed E-state index contributed by atoms with van der Waals surface area (Å²) in [5.74, 6) is 0.823. The van der Waals surface area contributed by atoms with Crippen molar-refractivity contribution in [2.24, 2.45) is 0 Å². The van der Waals surface area contributed by atoms with E-state index in [0.29, 0.717) is 13.0 Å². The average molecular weight is 197 g/mol. The average Bonchev–Trinajstić information content (AvgIpc) is 2.29. The summed E-state index contributed by atoms with van der Waals surface area (Å²) in [5, 5.41) is 12.6. The minimum absolute atomic E-state index is 0.495. The molecule has 0 bridgehead atoms. The monoisotopic (exact) mass is 197 g/mol. The van der Waals surface area contributed by atoms with Crippen LogP contribution >= 0.6 is 0 Å². The summed E-state index contributed by atoms with van der Waals surface area (Å²) in [5.41, 5.74) is 0.972. The van der Waals surface area contributed by atoms with Crippen LogP contribution in [0.25, 0.3) is 10.9 Å². The molecule has 0 saturated heterocycles. The molecule has 3 heteroatoms. The number of pyridine rings is 1. The van der Waals surface area contributed by atoms with Crippen LogP contribution in [0, 0.1) is 11.3 Å². The molecular formula is C12H11N3. The van der Waals surface area contributed by atoms with Gasteiger partial charge in [0.2, 0.25) is 0 Å². The third-order valence-electron chi connectivity index (χ3n) is 2.14. The Morgan fingerprint density at radius 3 is 2.93 bits per heavy atom. The number of hydrogen-bond donors (Lipinski definition) is 1. The van der Waals surface area contributed by atoms with Crippen LogP contribution in [0.15, 0.2) is 36.4 Å². The molecule has 1 aromatic carbocycles. The largest absolute Gasteiger partial charge is 0.369 e. The highest BCUT2D eigenvalue weighted by Gasteiger charge is 1.96. The molecule has 0 aliphatic heterocycles. The van der Waals surface area contributed by atoms with Crippen LogP contribution in [0.1, 0.15) is 6.42 Å². The molecule has 1 heterocycles. The molecule has 3 nitrogen and oxygen atoms in total. The Balaban J connectivity index is 2.20. The number of benzene rings is 1. The smallest absolute Gasteiger partial charge is 0.126 e. The fourth-order valence-corrected chi connectivity index (χ4v) is 1.41. The van der Waals surface area contributed by atoms with Gasteiger partial charge in [-0.05, 0) is 18.2 Å². The summed E-state index contributed by atoms with van der Waals surface area (Å²) in [4.78, 5) is 4.43. The van der Waals surface area contributed by atoms with Crippen LogP contribution in [-0.4, -0.2) is 11.5 Å². The Labute approximate surface area is 88.4 Å². The molecular weight excluding hydrogens is 186 g/mol. The molecule has 0 unspecified atom stereocenters. The molecule has 15 heavy (non-hydrogen) atoms. The lowest BCUT2D eigenvalue weighted by molar-refractivity contribution is 1.06. The van der Waals surface area contributed by atoms with Crippen molar-refractivity contribution in [3.05, 3.63) is 36.4 Å². The first-order valence-corrected chi connectivity index (χ1v) is 4.87. The normalized spacial score (nSPS) is 9.80. The van der Waals surface area contributed by atoms with Crippen molar-refractivity contribution in [1.29, 1.82) is 5.26 Å². The molecule has 2 aromatic rings. The van der Waals surface area contributed by atoms with Crippen molar-refractivity contribution < 1.29 is 0 Å². The number of anilines is 1. The Hall–Kier alpha value is -2.08. The maximum Gasteiger partial charge on any atom is 0.126 e. The van der Waals surface area contributed by atoms with Crippen LogP contribution in [0.3, 0.4) is 0 Å². The van der Waals surface area contributed by atoms with Crippen molar-refractivity contribution >= 4 is 16.7 Å². The van der Waals surface area contributed by atoms with E-state index in [1.165, 1.54) is 0 Å². The van der Waals surface area contributed by atoms with Gasteiger partial charge < -0.3 is 5.32 Å². The lowest BCUT2D eigenvalue weighted by Crippen LogP contribution is -2.01. The predicted molar refractivity (Wildman–Crippen MR) is 60.5 cm³/mol. The number of hydrogen-bond acceptors (Lipinski definition) is 3. The molecule has 2 rings (SSSR count). The summed E-state index contributed by atoms with van der Waals surface area (Å²) < 4.78 is 0. The number of nitriles is 1. The summed E-state index contributed by atoms with van der Waals surface area (Å²) in [6.45, 7) is 0.641. The van der Waals surface area contributed by atoms with Gasteiger partial charge in [-0.3, -0.25) is 0 Å². The van der Waals surface area contributed by atoms with E-state index in [-0.39, 0.29) is 0 Å². The van der Waals surface area contributed by atoms with Crippen LogP contribution < -0.4 is 5.32 Å². The molecule has 0 fully saturated rings. The molecule has 0 aliphatic carbocycles. The highest BCUT2D eigenvalue weighted by atomic mass is 15.0. The molecule has 0 spiro atoms. The summed E-state index contributed by atoms with van der Waals surface area (Å²) >= 11 is 0. The van der Waals surface area contributed by atoms with E-state index in [0.717, 1.165) is 16.7 Å². The SMILES string of the molecule is N#CCCNc1ccc2ccccc2n1. The van der Waals surface area contributed by atoms with Crippen LogP contribution in [-0.2, 0) is 0 Å². The van der Waals surface area contributed by atoms with Crippen molar-refractivity contribution in [3.63, 3.8) is 0 Å². The first-order valence-electron chi connectivity index (χ1n) is 4.87. The highest BCUT2D eigenvalue weighted by Crippen LogP contribution is 2.14. The third kappa shape index (κ3) is 2.23. The fraction of sp³-hybridized carbons (Fsp3) is 0.167. The van der Waals surface area contributed by atoms with E-state index in [4.69, 9.17) is 5.26 Å².